The lowest BCUT2D eigenvalue weighted by atomic mass is 10.2. The van der Waals surface area contributed by atoms with Crippen molar-refractivity contribution in [3.63, 3.8) is 0 Å². The monoisotopic (exact) mass is 481 g/mol. The maximum absolute atomic E-state index is 12.0. The molecule has 0 aliphatic carbocycles. The van der Waals surface area contributed by atoms with Crippen LogP contribution in [0.4, 0.5) is 16.9 Å². The Morgan fingerprint density at radius 2 is 1.90 bits per heavy atom. The Bertz CT molecular complexity index is 1200. The first kappa shape index (κ1) is 22.9. The van der Waals surface area contributed by atoms with Crippen LogP contribution in [-0.4, -0.2) is 42.2 Å². The Balaban J connectivity index is 1.71. The molecule has 0 amide bonds. The molecular weight excluding hydrogens is 462 g/mol. The van der Waals surface area contributed by atoms with Gasteiger partial charge in [-0.15, -0.1) is 0 Å². The molecule has 0 saturated heterocycles. The summed E-state index contributed by atoms with van der Waals surface area (Å²) in [7, 11) is -3.24. The zero-order chi connectivity index (χ0) is 22.6. The second-order valence-corrected chi connectivity index (χ2v) is 9.85. The van der Waals surface area contributed by atoms with Crippen molar-refractivity contribution >= 4 is 55.6 Å². The zero-order valence-corrected chi connectivity index (χ0v) is 19.4. The van der Waals surface area contributed by atoms with Crippen molar-refractivity contribution in [3.8, 4) is 0 Å². The fourth-order valence-corrected chi connectivity index (χ4v) is 4.21. The number of esters is 1. The number of anilines is 3. The van der Waals surface area contributed by atoms with Crippen molar-refractivity contribution in [3.05, 3.63) is 51.6 Å². The van der Waals surface area contributed by atoms with Crippen LogP contribution >= 0.6 is 22.9 Å². The molecule has 2 heterocycles. The second-order valence-electron chi connectivity index (χ2n) is 6.45. The van der Waals surface area contributed by atoms with E-state index in [9.17, 15) is 13.2 Å². The molecule has 12 heteroatoms. The largest absolute Gasteiger partial charge is 0.462 e. The van der Waals surface area contributed by atoms with Crippen LogP contribution in [0.3, 0.4) is 0 Å². The first-order chi connectivity index (χ1) is 14.7. The summed E-state index contributed by atoms with van der Waals surface area (Å²) in [6.07, 6.45) is 1.16. The Morgan fingerprint density at radius 1 is 1.19 bits per heavy atom. The minimum atomic E-state index is -3.24. The first-order valence-corrected chi connectivity index (χ1v) is 12.2. The summed E-state index contributed by atoms with van der Waals surface area (Å²) in [5.41, 5.74) is 1.41. The van der Waals surface area contributed by atoms with Gasteiger partial charge in [-0.25, -0.2) is 23.2 Å². The van der Waals surface area contributed by atoms with Crippen LogP contribution < -0.4 is 10.6 Å². The third-order valence-corrected chi connectivity index (χ3v) is 6.37. The number of aromatic nitrogens is 3. The fourth-order valence-electron chi connectivity index (χ4n) is 2.54. The molecule has 0 saturated carbocycles. The molecule has 164 valence electrons. The van der Waals surface area contributed by atoms with Crippen molar-refractivity contribution < 1.29 is 17.9 Å². The van der Waals surface area contributed by atoms with Gasteiger partial charge in [-0.05, 0) is 31.5 Å². The third kappa shape index (κ3) is 6.12. The third-order valence-electron chi connectivity index (χ3n) is 4.00. The van der Waals surface area contributed by atoms with Crippen molar-refractivity contribution in [1.29, 1.82) is 0 Å². The number of carbonyl (C=O) groups excluding carboxylic acids is 1. The minimum Gasteiger partial charge on any atom is -0.462 e. The number of benzene rings is 1. The Hall–Kier alpha value is -2.76. The molecule has 3 rings (SSSR count). The smallest absolute Gasteiger partial charge is 0.350 e. The molecule has 0 spiro atoms. The van der Waals surface area contributed by atoms with Crippen LogP contribution in [0.25, 0.3) is 0 Å². The van der Waals surface area contributed by atoms with E-state index in [1.165, 1.54) is 0 Å². The average Bonchev–Trinajstić information content (AvgIpc) is 3.06. The lowest BCUT2D eigenvalue weighted by molar-refractivity contribution is 0.0531. The van der Waals surface area contributed by atoms with E-state index in [2.05, 4.69) is 25.6 Å². The molecule has 0 bridgehead atoms. The number of hydrogen-bond acceptors (Lipinski definition) is 10. The van der Waals surface area contributed by atoms with Crippen molar-refractivity contribution in [2.45, 2.75) is 25.3 Å². The average molecular weight is 482 g/mol. The molecule has 0 atom stereocenters. The number of thiazole rings is 1. The molecule has 0 unspecified atom stereocenters. The molecule has 0 aliphatic rings. The van der Waals surface area contributed by atoms with Crippen LogP contribution in [0.1, 0.15) is 27.9 Å². The number of hydrogen-bond donors (Lipinski definition) is 2. The SMILES string of the molecule is CCOC(=O)c1sc(Nc2nc(Cl)cc(NCc3ccc(S(C)(=O)=O)cc3)n2)nc1C. The molecule has 1 aromatic carbocycles. The fraction of sp³-hybridized carbons (Fsp3) is 0.263. The van der Waals surface area contributed by atoms with Gasteiger partial charge in [-0.2, -0.15) is 4.98 Å². The highest BCUT2D eigenvalue weighted by molar-refractivity contribution is 7.90. The molecule has 0 aliphatic heterocycles. The highest BCUT2D eigenvalue weighted by Gasteiger charge is 2.17. The van der Waals surface area contributed by atoms with Gasteiger partial charge in [0.25, 0.3) is 0 Å². The zero-order valence-electron chi connectivity index (χ0n) is 17.0. The molecule has 0 fully saturated rings. The normalized spacial score (nSPS) is 11.2. The summed E-state index contributed by atoms with van der Waals surface area (Å²) in [5.74, 6) is 0.252. The number of nitrogens with one attached hydrogen (secondary N) is 2. The van der Waals surface area contributed by atoms with Gasteiger partial charge in [-0.1, -0.05) is 35.1 Å². The van der Waals surface area contributed by atoms with Gasteiger partial charge in [-0.3, -0.25) is 5.32 Å². The van der Waals surface area contributed by atoms with Crippen LogP contribution in [0, 0.1) is 6.92 Å². The maximum Gasteiger partial charge on any atom is 0.350 e. The van der Waals surface area contributed by atoms with E-state index in [1.807, 2.05) is 0 Å². The van der Waals surface area contributed by atoms with Gasteiger partial charge in [0.15, 0.2) is 15.0 Å². The molecule has 2 aromatic heterocycles. The topological polar surface area (TPSA) is 123 Å². The quantitative estimate of drug-likeness (QED) is 0.365. The van der Waals surface area contributed by atoms with Crippen molar-refractivity contribution in [2.24, 2.45) is 0 Å². The van der Waals surface area contributed by atoms with Crippen molar-refractivity contribution in [2.75, 3.05) is 23.5 Å². The Morgan fingerprint density at radius 3 is 2.55 bits per heavy atom. The number of nitrogens with zero attached hydrogens (tertiary/aromatic N) is 3. The molecular formula is C19H20ClN5O4S2. The predicted octanol–water partition coefficient (Wildman–Crippen LogP) is 3.83. The molecule has 2 N–H and O–H groups in total. The van der Waals surface area contributed by atoms with Gasteiger partial charge < -0.3 is 10.1 Å². The number of carbonyl (C=O) groups is 1. The van der Waals surface area contributed by atoms with Gasteiger partial charge in [0.2, 0.25) is 5.95 Å². The van der Waals surface area contributed by atoms with Crippen LogP contribution in [0.2, 0.25) is 5.15 Å². The summed E-state index contributed by atoms with van der Waals surface area (Å²) in [6, 6.07) is 8.12. The summed E-state index contributed by atoms with van der Waals surface area (Å²) in [5, 5.41) is 6.72. The van der Waals surface area contributed by atoms with Gasteiger partial charge in [0.05, 0.1) is 17.2 Å². The number of rotatable bonds is 8. The Kier molecular flexibility index (Phi) is 7.08. The predicted molar refractivity (Wildman–Crippen MR) is 120 cm³/mol. The van der Waals surface area contributed by atoms with E-state index in [1.54, 1.807) is 44.2 Å². The standard InChI is InChI=1S/C19H20ClN5O4S2/c1-4-29-17(26)16-11(2)22-19(30-16)25-18-23-14(20)9-15(24-18)21-10-12-5-7-13(8-6-12)31(3,27)28/h5-9H,4,10H2,1-3H3,(H2,21,22,23,24,25). The lowest BCUT2D eigenvalue weighted by Gasteiger charge is -2.09. The molecule has 31 heavy (non-hydrogen) atoms. The number of sulfone groups is 1. The van der Waals surface area contributed by atoms with Crippen molar-refractivity contribution in [1.82, 2.24) is 15.0 Å². The number of halogens is 1. The number of aryl methyl sites for hydroxylation is 1. The second kappa shape index (κ2) is 9.58. The molecule has 3 aromatic rings. The Labute approximate surface area is 188 Å². The maximum atomic E-state index is 12.0. The van der Waals surface area contributed by atoms with Crippen LogP contribution in [0.15, 0.2) is 35.2 Å². The molecule has 9 nitrogen and oxygen atoms in total. The van der Waals surface area contributed by atoms with E-state index >= 15 is 0 Å². The van der Waals surface area contributed by atoms with E-state index < -0.39 is 15.8 Å². The van der Waals surface area contributed by atoms with E-state index in [-0.39, 0.29) is 22.6 Å². The van der Waals surface area contributed by atoms with Gasteiger partial charge in [0.1, 0.15) is 15.8 Å². The van der Waals surface area contributed by atoms with Crippen LogP contribution in [0.5, 0.6) is 0 Å². The summed E-state index contributed by atoms with van der Waals surface area (Å²) < 4.78 is 28.1. The van der Waals surface area contributed by atoms with E-state index in [4.69, 9.17) is 16.3 Å². The van der Waals surface area contributed by atoms with Crippen LogP contribution in [-0.2, 0) is 21.1 Å². The summed E-state index contributed by atoms with van der Waals surface area (Å²) in [4.78, 5) is 25.4. The summed E-state index contributed by atoms with van der Waals surface area (Å²) >= 11 is 7.25. The van der Waals surface area contributed by atoms with E-state index in [0.717, 1.165) is 23.2 Å². The van der Waals surface area contributed by atoms with Gasteiger partial charge >= 0.3 is 5.97 Å². The lowest BCUT2D eigenvalue weighted by Crippen LogP contribution is -2.05. The highest BCUT2D eigenvalue weighted by Crippen LogP contribution is 2.26. The number of ether oxygens (including phenoxy) is 1. The van der Waals surface area contributed by atoms with Gasteiger partial charge in [0, 0.05) is 18.9 Å². The van der Waals surface area contributed by atoms with E-state index in [0.29, 0.717) is 28.1 Å². The molecule has 0 radical (unpaired) electrons. The summed E-state index contributed by atoms with van der Waals surface area (Å²) in [6.45, 7) is 4.14. The minimum absolute atomic E-state index is 0.214. The first-order valence-electron chi connectivity index (χ1n) is 9.14. The highest BCUT2D eigenvalue weighted by atomic mass is 35.5.